The van der Waals surface area contributed by atoms with Crippen LogP contribution in [0.1, 0.15) is 52.4 Å². The standard InChI is InChI=1S/C14H29N3.HI/c1-4-9-16-14(15-3)17-10-8-13-7-5-6-12(2)11-13;/h12-13H,4-11H2,1-3H3,(H2,15,16,17);1H. The van der Waals surface area contributed by atoms with Gasteiger partial charge in [-0.15, -0.1) is 24.0 Å². The molecule has 2 N–H and O–H groups in total. The van der Waals surface area contributed by atoms with Crippen LogP contribution >= 0.6 is 24.0 Å². The zero-order chi connectivity index (χ0) is 12.5. The summed E-state index contributed by atoms with van der Waals surface area (Å²) in [5.74, 6) is 2.82. The third kappa shape index (κ3) is 7.44. The van der Waals surface area contributed by atoms with Crippen LogP contribution in [0.2, 0.25) is 0 Å². The Labute approximate surface area is 130 Å². The molecule has 0 spiro atoms. The van der Waals surface area contributed by atoms with Gasteiger partial charge in [-0.3, -0.25) is 4.99 Å². The van der Waals surface area contributed by atoms with Gasteiger partial charge in [-0.25, -0.2) is 0 Å². The van der Waals surface area contributed by atoms with E-state index in [2.05, 4.69) is 29.5 Å². The molecule has 1 fully saturated rings. The van der Waals surface area contributed by atoms with Crippen LogP contribution in [-0.2, 0) is 0 Å². The molecule has 1 rings (SSSR count). The molecule has 0 amide bonds. The zero-order valence-corrected chi connectivity index (χ0v) is 14.5. The molecule has 2 atom stereocenters. The van der Waals surface area contributed by atoms with E-state index in [1.807, 2.05) is 7.05 Å². The highest BCUT2D eigenvalue weighted by atomic mass is 127. The minimum absolute atomic E-state index is 0. The van der Waals surface area contributed by atoms with E-state index in [0.717, 1.165) is 37.3 Å². The monoisotopic (exact) mass is 367 g/mol. The van der Waals surface area contributed by atoms with E-state index in [0.29, 0.717) is 0 Å². The van der Waals surface area contributed by atoms with Gasteiger partial charge in [0.1, 0.15) is 0 Å². The third-order valence-corrected chi connectivity index (χ3v) is 3.66. The molecular weight excluding hydrogens is 337 g/mol. The van der Waals surface area contributed by atoms with Crippen molar-refractivity contribution in [1.29, 1.82) is 0 Å². The highest BCUT2D eigenvalue weighted by Crippen LogP contribution is 2.30. The quantitative estimate of drug-likeness (QED) is 0.444. The van der Waals surface area contributed by atoms with Crippen LogP contribution in [0.3, 0.4) is 0 Å². The van der Waals surface area contributed by atoms with Crippen LogP contribution in [-0.4, -0.2) is 26.1 Å². The Balaban J connectivity index is 0.00000289. The fourth-order valence-corrected chi connectivity index (χ4v) is 2.68. The predicted octanol–water partition coefficient (Wildman–Crippen LogP) is 3.40. The van der Waals surface area contributed by atoms with E-state index in [4.69, 9.17) is 0 Å². The van der Waals surface area contributed by atoms with Gasteiger partial charge in [0.2, 0.25) is 0 Å². The molecule has 1 saturated carbocycles. The normalized spacial score (nSPS) is 24.3. The summed E-state index contributed by atoms with van der Waals surface area (Å²) in [7, 11) is 1.84. The van der Waals surface area contributed by atoms with Crippen molar-refractivity contribution in [3.05, 3.63) is 0 Å². The van der Waals surface area contributed by atoms with Crippen LogP contribution in [0.5, 0.6) is 0 Å². The summed E-state index contributed by atoms with van der Waals surface area (Å²) in [6, 6.07) is 0. The molecule has 0 bridgehead atoms. The Morgan fingerprint density at radius 2 is 1.94 bits per heavy atom. The number of nitrogens with one attached hydrogen (secondary N) is 2. The highest BCUT2D eigenvalue weighted by molar-refractivity contribution is 14.0. The molecule has 3 nitrogen and oxygen atoms in total. The molecule has 2 unspecified atom stereocenters. The average molecular weight is 367 g/mol. The molecule has 0 aromatic carbocycles. The van der Waals surface area contributed by atoms with Gasteiger partial charge < -0.3 is 10.6 Å². The van der Waals surface area contributed by atoms with Gasteiger partial charge in [0.15, 0.2) is 5.96 Å². The maximum absolute atomic E-state index is 4.22. The van der Waals surface area contributed by atoms with E-state index in [-0.39, 0.29) is 24.0 Å². The molecule has 0 aromatic heterocycles. The third-order valence-electron chi connectivity index (χ3n) is 3.66. The summed E-state index contributed by atoms with van der Waals surface area (Å²) in [4.78, 5) is 4.22. The molecule has 1 aliphatic rings. The number of halogens is 1. The number of rotatable bonds is 5. The maximum atomic E-state index is 4.22. The second kappa shape index (κ2) is 10.9. The van der Waals surface area contributed by atoms with Gasteiger partial charge in [-0.1, -0.05) is 33.1 Å². The van der Waals surface area contributed by atoms with Crippen molar-refractivity contribution in [1.82, 2.24) is 10.6 Å². The lowest BCUT2D eigenvalue weighted by atomic mass is 9.81. The van der Waals surface area contributed by atoms with Crippen LogP contribution < -0.4 is 10.6 Å². The van der Waals surface area contributed by atoms with E-state index in [9.17, 15) is 0 Å². The SMILES string of the molecule is CCCNC(=NC)NCCC1CCCC(C)C1.I. The van der Waals surface area contributed by atoms with Crippen LogP contribution in [0.15, 0.2) is 4.99 Å². The fourth-order valence-electron chi connectivity index (χ4n) is 2.68. The fraction of sp³-hybridized carbons (Fsp3) is 0.929. The summed E-state index contributed by atoms with van der Waals surface area (Å²) in [6.45, 7) is 6.62. The molecule has 1 aliphatic carbocycles. The largest absolute Gasteiger partial charge is 0.356 e. The molecule has 108 valence electrons. The first-order chi connectivity index (χ1) is 8.26. The lowest BCUT2D eigenvalue weighted by molar-refractivity contribution is 0.270. The van der Waals surface area contributed by atoms with Crippen molar-refractivity contribution in [2.45, 2.75) is 52.4 Å². The van der Waals surface area contributed by atoms with Gasteiger partial charge in [0, 0.05) is 20.1 Å². The Bertz CT molecular complexity index is 231. The molecular formula is C14H30IN3. The zero-order valence-electron chi connectivity index (χ0n) is 12.2. The number of hydrogen-bond donors (Lipinski definition) is 2. The lowest BCUT2D eigenvalue weighted by Crippen LogP contribution is -2.38. The van der Waals surface area contributed by atoms with Crippen molar-refractivity contribution >= 4 is 29.9 Å². The molecule has 4 heteroatoms. The summed E-state index contributed by atoms with van der Waals surface area (Å²) in [5, 5.41) is 6.71. The van der Waals surface area contributed by atoms with Crippen LogP contribution in [0, 0.1) is 11.8 Å². The lowest BCUT2D eigenvalue weighted by Gasteiger charge is -2.26. The van der Waals surface area contributed by atoms with Crippen molar-refractivity contribution < 1.29 is 0 Å². The van der Waals surface area contributed by atoms with Crippen molar-refractivity contribution in [3.8, 4) is 0 Å². The Morgan fingerprint density at radius 1 is 1.22 bits per heavy atom. The van der Waals surface area contributed by atoms with Gasteiger partial charge in [-0.2, -0.15) is 0 Å². The van der Waals surface area contributed by atoms with Crippen LogP contribution in [0.4, 0.5) is 0 Å². The molecule has 0 heterocycles. The molecule has 0 radical (unpaired) electrons. The van der Waals surface area contributed by atoms with Crippen LogP contribution in [0.25, 0.3) is 0 Å². The summed E-state index contributed by atoms with van der Waals surface area (Å²) in [5.41, 5.74) is 0. The first-order valence-corrected chi connectivity index (χ1v) is 7.20. The van der Waals surface area contributed by atoms with E-state index in [1.54, 1.807) is 0 Å². The number of guanidine groups is 1. The van der Waals surface area contributed by atoms with E-state index < -0.39 is 0 Å². The summed E-state index contributed by atoms with van der Waals surface area (Å²) in [6.07, 6.45) is 8.13. The van der Waals surface area contributed by atoms with Crippen molar-refractivity contribution in [2.24, 2.45) is 16.8 Å². The topological polar surface area (TPSA) is 36.4 Å². The predicted molar refractivity (Wildman–Crippen MR) is 90.8 cm³/mol. The van der Waals surface area contributed by atoms with Gasteiger partial charge >= 0.3 is 0 Å². The highest BCUT2D eigenvalue weighted by Gasteiger charge is 2.18. The maximum Gasteiger partial charge on any atom is 0.190 e. The molecule has 18 heavy (non-hydrogen) atoms. The molecule has 0 aromatic rings. The van der Waals surface area contributed by atoms with Gasteiger partial charge in [0.25, 0.3) is 0 Å². The van der Waals surface area contributed by atoms with Gasteiger partial charge in [-0.05, 0) is 31.1 Å². The number of aliphatic imine (C=N–C) groups is 1. The first kappa shape index (κ1) is 18.0. The summed E-state index contributed by atoms with van der Waals surface area (Å²) >= 11 is 0. The second-order valence-corrected chi connectivity index (χ2v) is 5.35. The van der Waals surface area contributed by atoms with Crippen molar-refractivity contribution in [3.63, 3.8) is 0 Å². The Morgan fingerprint density at radius 3 is 2.56 bits per heavy atom. The Kier molecular flexibility index (Phi) is 10.9. The Hall–Kier alpha value is 0. The minimum Gasteiger partial charge on any atom is -0.356 e. The second-order valence-electron chi connectivity index (χ2n) is 5.35. The molecule has 0 saturated heterocycles. The van der Waals surface area contributed by atoms with Crippen molar-refractivity contribution in [2.75, 3.05) is 20.1 Å². The smallest absolute Gasteiger partial charge is 0.190 e. The van der Waals surface area contributed by atoms with Gasteiger partial charge in [0.05, 0.1) is 0 Å². The van der Waals surface area contributed by atoms with E-state index >= 15 is 0 Å². The minimum atomic E-state index is 0. The first-order valence-electron chi connectivity index (χ1n) is 7.20. The molecule has 0 aliphatic heterocycles. The summed E-state index contributed by atoms with van der Waals surface area (Å²) < 4.78 is 0. The average Bonchev–Trinajstić information content (AvgIpc) is 2.33. The number of nitrogens with zero attached hydrogens (tertiary/aromatic N) is 1. The number of hydrogen-bond acceptors (Lipinski definition) is 1. The van der Waals surface area contributed by atoms with E-state index in [1.165, 1.54) is 32.1 Å².